The highest BCUT2D eigenvalue weighted by atomic mass is 16.6. The summed E-state index contributed by atoms with van der Waals surface area (Å²) in [5.41, 5.74) is 0.867. The van der Waals surface area contributed by atoms with Crippen LogP contribution in [0.2, 0.25) is 0 Å². The summed E-state index contributed by atoms with van der Waals surface area (Å²) in [6.07, 6.45) is -0.698. The van der Waals surface area contributed by atoms with Crippen molar-refractivity contribution in [1.82, 2.24) is 4.90 Å². The SMILES string of the molecule is COC(=O)[C@@H]1C[C@@H](ON)CN1C(=O)OCc1ccccc1. The number of carbonyl (C=O) groups excluding carboxylic acids is 2. The lowest BCUT2D eigenvalue weighted by Crippen LogP contribution is -2.41. The van der Waals surface area contributed by atoms with Crippen LogP contribution in [0.15, 0.2) is 30.3 Å². The van der Waals surface area contributed by atoms with Crippen molar-refractivity contribution in [3.05, 3.63) is 35.9 Å². The minimum atomic E-state index is -0.730. The molecule has 2 atom stereocenters. The second kappa shape index (κ2) is 7.05. The van der Waals surface area contributed by atoms with E-state index >= 15 is 0 Å². The summed E-state index contributed by atoms with van der Waals surface area (Å²) in [5.74, 6) is 4.63. The zero-order valence-corrected chi connectivity index (χ0v) is 11.7. The van der Waals surface area contributed by atoms with E-state index in [1.807, 2.05) is 30.3 Å². The van der Waals surface area contributed by atoms with E-state index in [0.29, 0.717) is 6.42 Å². The topological polar surface area (TPSA) is 91.1 Å². The molecule has 7 heteroatoms. The van der Waals surface area contributed by atoms with Gasteiger partial charge in [-0.3, -0.25) is 9.74 Å². The monoisotopic (exact) mass is 294 g/mol. The van der Waals surface area contributed by atoms with Gasteiger partial charge in [-0.05, 0) is 5.56 Å². The van der Waals surface area contributed by atoms with Crippen LogP contribution in [-0.4, -0.2) is 42.8 Å². The van der Waals surface area contributed by atoms with Crippen LogP contribution in [-0.2, 0) is 25.7 Å². The van der Waals surface area contributed by atoms with E-state index in [9.17, 15) is 9.59 Å². The normalized spacial score (nSPS) is 21.1. The van der Waals surface area contributed by atoms with Gasteiger partial charge in [-0.15, -0.1) is 0 Å². The lowest BCUT2D eigenvalue weighted by molar-refractivity contribution is -0.145. The molecule has 1 fully saturated rings. The number of hydrogen-bond acceptors (Lipinski definition) is 6. The average molecular weight is 294 g/mol. The van der Waals surface area contributed by atoms with E-state index in [2.05, 4.69) is 4.74 Å². The fraction of sp³-hybridized carbons (Fsp3) is 0.429. The summed E-state index contributed by atoms with van der Waals surface area (Å²) >= 11 is 0. The van der Waals surface area contributed by atoms with Crippen LogP contribution in [0.4, 0.5) is 4.79 Å². The third kappa shape index (κ3) is 3.71. The Balaban J connectivity index is 1.97. The van der Waals surface area contributed by atoms with Crippen LogP contribution >= 0.6 is 0 Å². The molecule has 0 radical (unpaired) electrons. The van der Waals surface area contributed by atoms with Crippen molar-refractivity contribution in [1.29, 1.82) is 0 Å². The van der Waals surface area contributed by atoms with Crippen molar-refractivity contribution in [3.63, 3.8) is 0 Å². The number of amides is 1. The molecule has 1 heterocycles. The first kappa shape index (κ1) is 15.3. The van der Waals surface area contributed by atoms with E-state index in [4.69, 9.17) is 15.5 Å². The number of likely N-dealkylation sites (tertiary alicyclic amines) is 1. The first-order chi connectivity index (χ1) is 10.2. The molecule has 0 aromatic heterocycles. The summed E-state index contributed by atoms with van der Waals surface area (Å²) < 4.78 is 9.90. The second-order valence-corrected chi connectivity index (χ2v) is 4.73. The van der Waals surface area contributed by atoms with E-state index in [1.165, 1.54) is 12.0 Å². The predicted octanol–water partition coefficient (Wildman–Crippen LogP) is 0.829. The molecule has 7 nitrogen and oxygen atoms in total. The molecule has 1 saturated heterocycles. The van der Waals surface area contributed by atoms with Crippen molar-refractivity contribution in [2.75, 3.05) is 13.7 Å². The molecule has 0 spiro atoms. The standard InChI is InChI=1S/C14H18N2O5/c1-19-13(17)12-7-11(21-15)8-16(12)14(18)20-9-10-5-3-2-4-6-10/h2-6,11-12H,7-9,15H2,1H3/t11-,12+/m1/s1. The van der Waals surface area contributed by atoms with Gasteiger partial charge in [0, 0.05) is 6.42 Å². The second-order valence-electron chi connectivity index (χ2n) is 4.73. The largest absolute Gasteiger partial charge is 0.467 e. The lowest BCUT2D eigenvalue weighted by Gasteiger charge is -2.21. The highest BCUT2D eigenvalue weighted by Crippen LogP contribution is 2.22. The van der Waals surface area contributed by atoms with Crippen LogP contribution in [0.25, 0.3) is 0 Å². The first-order valence-electron chi connectivity index (χ1n) is 6.56. The van der Waals surface area contributed by atoms with E-state index < -0.39 is 24.2 Å². The van der Waals surface area contributed by atoms with Gasteiger partial charge in [0.05, 0.1) is 19.8 Å². The quantitative estimate of drug-likeness (QED) is 0.653. The third-order valence-corrected chi connectivity index (χ3v) is 3.37. The highest BCUT2D eigenvalue weighted by molar-refractivity contribution is 5.82. The molecular weight excluding hydrogens is 276 g/mol. The maximum absolute atomic E-state index is 12.1. The lowest BCUT2D eigenvalue weighted by atomic mass is 10.2. The number of esters is 1. The summed E-state index contributed by atoms with van der Waals surface area (Å²) in [4.78, 5) is 29.8. The van der Waals surface area contributed by atoms with Gasteiger partial charge in [-0.2, -0.15) is 0 Å². The van der Waals surface area contributed by atoms with Gasteiger partial charge in [-0.1, -0.05) is 30.3 Å². The van der Waals surface area contributed by atoms with Gasteiger partial charge in [0.1, 0.15) is 12.6 Å². The predicted molar refractivity (Wildman–Crippen MR) is 72.8 cm³/mol. The van der Waals surface area contributed by atoms with Gasteiger partial charge < -0.3 is 9.47 Å². The average Bonchev–Trinajstić information content (AvgIpc) is 2.97. The van der Waals surface area contributed by atoms with E-state index in [1.54, 1.807) is 0 Å². The van der Waals surface area contributed by atoms with Gasteiger partial charge in [-0.25, -0.2) is 15.5 Å². The Morgan fingerprint density at radius 1 is 1.33 bits per heavy atom. The Kier molecular flexibility index (Phi) is 5.13. The maximum atomic E-state index is 12.1. The molecule has 0 saturated carbocycles. The Morgan fingerprint density at radius 2 is 2.05 bits per heavy atom. The zero-order valence-electron chi connectivity index (χ0n) is 11.7. The third-order valence-electron chi connectivity index (χ3n) is 3.37. The van der Waals surface area contributed by atoms with Gasteiger partial charge >= 0.3 is 12.1 Å². The Morgan fingerprint density at radius 3 is 2.67 bits per heavy atom. The molecule has 2 N–H and O–H groups in total. The molecule has 0 aliphatic carbocycles. The number of ether oxygens (including phenoxy) is 2. The van der Waals surface area contributed by atoms with Crippen molar-refractivity contribution >= 4 is 12.1 Å². The number of nitrogens with zero attached hydrogens (tertiary/aromatic N) is 1. The molecule has 0 bridgehead atoms. The van der Waals surface area contributed by atoms with Crippen LogP contribution in [0.3, 0.4) is 0 Å². The van der Waals surface area contributed by atoms with Gasteiger partial charge in [0.25, 0.3) is 0 Å². The molecule has 1 amide bonds. The summed E-state index contributed by atoms with van der Waals surface area (Å²) in [7, 11) is 1.27. The fourth-order valence-electron chi connectivity index (χ4n) is 2.26. The fourth-order valence-corrected chi connectivity index (χ4v) is 2.26. The molecule has 1 aliphatic rings. The van der Waals surface area contributed by atoms with Crippen LogP contribution in [0.5, 0.6) is 0 Å². The number of benzene rings is 1. The summed E-state index contributed by atoms with van der Waals surface area (Å²) in [5, 5.41) is 0. The van der Waals surface area contributed by atoms with Crippen molar-refractivity contribution in [2.24, 2.45) is 5.90 Å². The van der Waals surface area contributed by atoms with Gasteiger partial charge in [0.2, 0.25) is 0 Å². The highest BCUT2D eigenvalue weighted by Gasteiger charge is 2.41. The first-order valence-corrected chi connectivity index (χ1v) is 6.56. The Bertz CT molecular complexity index is 493. The van der Waals surface area contributed by atoms with Crippen molar-refractivity contribution in [2.45, 2.75) is 25.2 Å². The van der Waals surface area contributed by atoms with Gasteiger partial charge in [0.15, 0.2) is 0 Å². The minimum Gasteiger partial charge on any atom is -0.467 e. The molecule has 1 aromatic carbocycles. The van der Waals surface area contributed by atoms with Crippen molar-refractivity contribution < 1.29 is 23.9 Å². The Hall–Kier alpha value is -2.12. The Labute approximate surface area is 122 Å². The molecule has 1 aromatic rings. The number of rotatable bonds is 4. The van der Waals surface area contributed by atoms with Crippen LogP contribution in [0.1, 0.15) is 12.0 Å². The minimum absolute atomic E-state index is 0.137. The zero-order chi connectivity index (χ0) is 15.2. The van der Waals surface area contributed by atoms with Crippen LogP contribution in [0, 0.1) is 0 Å². The molecule has 21 heavy (non-hydrogen) atoms. The van der Waals surface area contributed by atoms with Crippen molar-refractivity contribution in [3.8, 4) is 0 Å². The molecular formula is C14H18N2O5. The summed E-state index contributed by atoms with van der Waals surface area (Å²) in [6, 6.07) is 8.56. The smallest absolute Gasteiger partial charge is 0.410 e. The number of methoxy groups -OCH3 is 1. The van der Waals surface area contributed by atoms with E-state index in [-0.39, 0.29) is 13.2 Å². The molecule has 114 valence electrons. The maximum Gasteiger partial charge on any atom is 0.410 e. The van der Waals surface area contributed by atoms with Crippen LogP contribution < -0.4 is 5.90 Å². The number of hydrogen-bond donors (Lipinski definition) is 1. The molecule has 2 rings (SSSR count). The molecule has 0 unspecified atom stereocenters. The van der Waals surface area contributed by atoms with E-state index in [0.717, 1.165) is 5.56 Å². The molecule has 1 aliphatic heterocycles. The number of nitrogens with two attached hydrogens (primary N) is 1. The summed E-state index contributed by atoms with van der Waals surface area (Å²) in [6.45, 7) is 0.335. The number of carbonyl (C=O) groups is 2.